The molecule has 0 bridgehead atoms. The molecule has 7 heteroatoms. The molecule has 3 aromatic rings. The van der Waals surface area contributed by atoms with Gasteiger partial charge >= 0.3 is 12.1 Å². The first-order chi connectivity index (χ1) is 17.3. The lowest BCUT2D eigenvalue weighted by atomic mass is 9.95. The number of alkyl halides is 3. The second kappa shape index (κ2) is 12.2. The standard InChI is InChI=1S/C29H28F3NO3/c1-3-26(24-16-10-8-12-21(24)18-19-27(34)36-4-2)33(28(35)22-13-6-5-7-14-22)20-23-15-9-11-17-25(23)29(30,31)32/h5-19,26H,3-4,20H2,1-2H3/b19-18+. The number of esters is 1. The fraction of sp³-hybridized carbons (Fsp3) is 0.241. The van der Waals surface area contributed by atoms with E-state index in [0.29, 0.717) is 23.1 Å². The van der Waals surface area contributed by atoms with Gasteiger partial charge in [0.15, 0.2) is 0 Å². The van der Waals surface area contributed by atoms with Crippen molar-refractivity contribution < 1.29 is 27.5 Å². The Labute approximate surface area is 209 Å². The van der Waals surface area contributed by atoms with E-state index in [1.54, 1.807) is 61.5 Å². The van der Waals surface area contributed by atoms with Gasteiger partial charge in [-0.25, -0.2) is 4.79 Å². The molecule has 3 aromatic carbocycles. The lowest BCUT2D eigenvalue weighted by molar-refractivity contribution is -0.138. The van der Waals surface area contributed by atoms with Crippen LogP contribution in [0.25, 0.3) is 6.08 Å². The zero-order chi connectivity index (χ0) is 26.1. The molecule has 36 heavy (non-hydrogen) atoms. The summed E-state index contributed by atoms with van der Waals surface area (Å²) in [5, 5.41) is 0. The SMILES string of the molecule is CCOC(=O)/C=C/c1ccccc1C(CC)N(Cc1ccccc1C(F)(F)F)C(=O)c1ccccc1. The fourth-order valence-corrected chi connectivity index (χ4v) is 4.11. The molecule has 0 aliphatic rings. The number of ether oxygens (including phenoxy) is 1. The zero-order valence-corrected chi connectivity index (χ0v) is 20.2. The normalized spacial score (nSPS) is 12.4. The lowest BCUT2D eigenvalue weighted by Crippen LogP contribution is -2.35. The Hall–Kier alpha value is -3.87. The predicted molar refractivity (Wildman–Crippen MR) is 133 cm³/mol. The number of hydrogen-bond donors (Lipinski definition) is 0. The summed E-state index contributed by atoms with van der Waals surface area (Å²) in [6.45, 7) is 3.58. The average molecular weight is 496 g/mol. The van der Waals surface area contributed by atoms with E-state index in [1.165, 1.54) is 29.2 Å². The molecule has 0 aliphatic carbocycles. The molecule has 0 saturated carbocycles. The first kappa shape index (κ1) is 26.7. The van der Waals surface area contributed by atoms with Gasteiger partial charge in [0.25, 0.3) is 5.91 Å². The van der Waals surface area contributed by atoms with Gasteiger partial charge in [0.05, 0.1) is 18.2 Å². The first-order valence-electron chi connectivity index (χ1n) is 11.7. The summed E-state index contributed by atoms with van der Waals surface area (Å²) in [6, 6.07) is 20.4. The van der Waals surface area contributed by atoms with E-state index in [4.69, 9.17) is 4.74 Å². The number of halogens is 3. The highest BCUT2D eigenvalue weighted by Crippen LogP contribution is 2.35. The summed E-state index contributed by atoms with van der Waals surface area (Å²) in [4.78, 5) is 27.1. The Bertz CT molecular complexity index is 1210. The van der Waals surface area contributed by atoms with Crippen LogP contribution in [0, 0.1) is 0 Å². The number of hydrogen-bond acceptors (Lipinski definition) is 3. The van der Waals surface area contributed by atoms with Crippen LogP contribution in [0.4, 0.5) is 13.2 Å². The third-order valence-corrected chi connectivity index (χ3v) is 5.75. The van der Waals surface area contributed by atoms with Crippen LogP contribution >= 0.6 is 0 Å². The summed E-state index contributed by atoms with van der Waals surface area (Å²) in [5.74, 6) is -0.889. The Balaban J connectivity index is 2.10. The number of carbonyl (C=O) groups is 2. The summed E-state index contributed by atoms with van der Waals surface area (Å²) >= 11 is 0. The van der Waals surface area contributed by atoms with Gasteiger partial charge in [0.1, 0.15) is 0 Å². The number of benzene rings is 3. The van der Waals surface area contributed by atoms with Crippen molar-refractivity contribution in [2.45, 2.75) is 39.0 Å². The van der Waals surface area contributed by atoms with Gasteiger partial charge in [-0.15, -0.1) is 0 Å². The van der Waals surface area contributed by atoms with E-state index in [9.17, 15) is 22.8 Å². The highest BCUT2D eigenvalue weighted by molar-refractivity contribution is 5.94. The molecule has 0 N–H and O–H groups in total. The van der Waals surface area contributed by atoms with Crippen molar-refractivity contribution in [2.75, 3.05) is 6.61 Å². The van der Waals surface area contributed by atoms with Crippen LogP contribution in [-0.4, -0.2) is 23.4 Å². The van der Waals surface area contributed by atoms with Crippen LogP contribution in [0.2, 0.25) is 0 Å². The van der Waals surface area contributed by atoms with Crippen molar-refractivity contribution in [2.24, 2.45) is 0 Å². The van der Waals surface area contributed by atoms with Crippen LogP contribution in [0.5, 0.6) is 0 Å². The number of rotatable bonds is 9. The van der Waals surface area contributed by atoms with Gasteiger partial charge < -0.3 is 9.64 Å². The molecular formula is C29H28F3NO3. The van der Waals surface area contributed by atoms with Gasteiger partial charge in [-0.2, -0.15) is 13.2 Å². The van der Waals surface area contributed by atoms with Crippen LogP contribution in [0.15, 0.2) is 84.9 Å². The van der Waals surface area contributed by atoms with Crippen LogP contribution in [-0.2, 0) is 22.3 Å². The second-order valence-electron chi connectivity index (χ2n) is 8.09. The number of amides is 1. The summed E-state index contributed by atoms with van der Waals surface area (Å²) in [6.07, 6.45) is -1.21. The van der Waals surface area contributed by atoms with E-state index >= 15 is 0 Å². The minimum absolute atomic E-state index is 0.00674. The van der Waals surface area contributed by atoms with Gasteiger partial charge in [-0.05, 0) is 54.3 Å². The third kappa shape index (κ3) is 6.62. The van der Waals surface area contributed by atoms with E-state index in [0.717, 1.165) is 6.07 Å². The average Bonchev–Trinajstić information content (AvgIpc) is 2.88. The molecule has 3 rings (SSSR count). The third-order valence-electron chi connectivity index (χ3n) is 5.75. The minimum Gasteiger partial charge on any atom is -0.463 e. The number of nitrogens with zero attached hydrogens (tertiary/aromatic N) is 1. The maximum absolute atomic E-state index is 13.8. The fourth-order valence-electron chi connectivity index (χ4n) is 4.11. The van der Waals surface area contributed by atoms with E-state index < -0.39 is 23.8 Å². The molecule has 0 radical (unpaired) electrons. The van der Waals surface area contributed by atoms with Crippen LogP contribution in [0.1, 0.15) is 58.9 Å². The lowest BCUT2D eigenvalue weighted by Gasteiger charge is -2.33. The highest BCUT2D eigenvalue weighted by Gasteiger charge is 2.35. The van der Waals surface area contributed by atoms with E-state index in [2.05, 4.69) is 0 Å². The molecule has 1 amide bonds. The maximum Gasteiger partial charge on any atom is 0.416 e. The Kier molecular flexibility index (Phi) is 9.06. The van der Waals surface area contributed by atoms with Crippen LogP contribution < -0.4 is 0 Å². The summed E-state index contributed by atoms with van der Waals surface area (Å²) in [7, 11) is 0. The van der Waals surface area contributed by atoms with Crippen LogP contribution in [0.3, 0.4) is 0 Å². The zero-order valence-electron chi connectivity index (χ0n) is 20.2. The molecule has 0 aromatic heterocycles. The second-order valence-corrected chi connectivity index (χ2v) is 8.09. The summed E-state index contributed by atoms with van der Waals surface area (Å²) < 4.78 is 46.3. The highest BCUT2D eigenvalue weighted by atomic mass is 19.4. The topological polar surface area (TPSA) is 46.6 Å². The molecule has 0 spiro atoms. The number of carbonyl (C=O) groups excluding carboxylic acids is 2. The quantitative estimate of drug-likeness (QED) is 0.236. The first-order valence-corrected chi connectivity index (χ1v) is 11.7. The van der Waals surface area contributed by atoms with Crippen molar-refractivity contribution in [3.63, 3.8) is 0 Å². The largest absolute Gasteiger partial charge is 0.463 e. The molecule has 1 atom stereocenters. The van der Waals surface area contributed by atoms with Gasteiger partial charge in [0.2, 0.25) is 0 Å². The summed E-state index contributed by atoms with van der Waals surface area (Å²) in [5.41, 5.74) is 0.996. The van der Waals surface area contributed by atoms with Gasteiger partial charge in [-0.1, -0.05) is 67.6 Å². The maximum atomic E-state index is 13.8. The van der Waals surface area contributed by atoms with Crippen molar-refractivity contribution >= 4 is 18.0 Å². The molecule has 0 saturated heterocycles. The predicted octanol–water partition coefficient (Wildman–Crippen LogP) is 7.08. The molecule has 4 nitrogen and oxygen atoms in total. The molecular weight excluding hydrogens is 467 g/mol. The molecule has 0 heterocycles. The van der Waals surface area contributed by atoms with Crippen molar-refractivity contribution in [3.05, 3.63) is 113 Å². The van der Waals surface area contributed by atoms with Gasteiger partial charge in [-0.3, -0.25) is 4.79 Å². The monoisotopic (exact) mass is 495 g/mol. The molecule has 0 aliphatic heterocycles. The van der Waals surface area contributed by atoms with E-state index in [1.807, 2.05) is 13.0 Å². The Morgan fingerprint density at radius 1 is 0.917 bits per heavy atom. The van der Waals surface area contributed by atoms with Gasteiger partial charge in [0, 0.05) is 18.2 Å². The Morgan fingerprint density at radius 3 is 2.22 bits per heavy atom. The van der Waals surface area contributed by atoms with Crippen molar-refractivity contribution in [1.29, 1.82) is 0 Å². The Morgan fingerprint density at radius 2 is 1.56 bits per heavy atom. The van der Waals surface area contributed by atoms with E-state index in [-0.39, 0.29) is 24.6 Å². The smallest absolute Gasteiger partial charge is 0.416 e. The van der Waals surface area contributed by atoms with Crippen molar-refractivity contribution in [3.8, 4) is 0 Å². The molecule has 0 fully saturated rings. The molecule has 1 unspecified atom stereocenters. The van der Waals surface area contributed by atoms with Crippen molar-refractivity contribution in [1.82, 2.24) is 4.90 Å². The minimum atomic E-state index is -4.56. The molecule has 188 valence electrons.